The van der Waals surface area contributed by atoms with Crippen LogP contribution in [0.25, 0.3) is 0 Å². The second-order valence-corrected chi connectivity index (χ2v) is 5.81. The van der Waals surface area contributed by atoms with Crippen LogP contribution >= 0.6 is 0 Å². The summed E-state index contributed by atoms with van der Waals surface area (Å²) >= 11 is 0. The third-order valence-electron chi connectivity index (χ3n) is 3.42. The van der Waals surface area contributed by atoms with Crippen LogP contribution in [-0.4, -0.2) is 42.5 Å². The van der Waals surface area contributed by atoms with Crippen molar-refractivity contribution in [3.05, 3.63) is 0 Å². The predicted octanol–water partition coefficient (Wildman–Crippen LogP) is 2.81. The lowest BCUT2D eigenvalue weighted by Crippen LogP contribution is -2.53. The maximum absolute atomic E-state index is 12.5. The molecule has 1 aliphatic carbocycles. The Morgan fingerprint density at radius 3 is 2.33 bits per heavy atom. The van der Waals surface area contributed by atoms with Crippen molar-refractivity contribution in [2.45, 2.75) is 76.9 Å². The first-order chi connectivity index (χ1) is 9.58. The van der Waals surface area contributed by atoms with E-state index in [1.165, 1.54) is 6.92 Å². The normalized spacial score (nSPS) is 21.5. The molecule has 0 heterocycles. The van der Waals surface area contributed by atoms with Gasteiger partial charge in [-0.3, -0.25) is 10.1 Å². The largest absolute Gasteiger partial charge is 0.465 e. The maximum atomic E-state index is 12.5. The number of rotatable bonds is 8. The van der Waals surface area contributed by atoms with Crippen LogP contribution < -0.4 is 5.32 Å². The SMILES string of the molecule is CCOC(=O)C(C)(CC(C)OC(C)C(F)(F)F)NC1CC1. The average molecular weight is 311 g/mol. The van der Waals surface area contributed by atoms with Crippen LogP contribution in [0.5, 0.6) is 0 Å². The van der Waals surface area contributed by atoms with Gasteiger partial charge in [0.25, 0.3) is 0 Å². The monoisotopic (exact) mass is 311 g/mol. The molecule has 1 fully saturated rings. The second-order valence-electron chi connectivity index (χ2n) is 5.81. The van der Waals surface area contributed by atoms with Gasteiger partial charge in [-0.2, -0.15) is 13.2 Å². The van der Waals surface area contributed by atoms with E-state index in [2.05, 4.69) is 5.32 Å². The molecule has 0 aromatic heterocycles. The predicted molar refractivity (Wildman–Crippen MR) is 71.9 cm³/mol. The zero-order chi connectivity index (χ0) is 16.3. The molecule has 1 aliphatic rings. The maximum Gasteiger partial charge on any atom is 0.414 e. The summed E-state index contributed by atoms with van der Waals surface area (Å²) in [6.45, 7) is 6.08. The van der Waals surface area contributed by atoms with Crippen LogP contribution in [0.15, 0.2) is 0 Å². The molecule has 1 rings (SSSR count). The lowest BCUT2D eigenvalue weighted by Gasteiger charge is -2.32. The molecule has 0 bridgehead atoms. The van der Waals surface area contributed by atoms with Crippen molar-refractivity contribution in [2.24, 2.45) is 0 Å². The summed E-state index contributed by atoms with van der Waals surface area (Å²) in [5.41, 5.74) is -1.03. The van der Waals surface area contributed by atoms with Crippen molar-refractivity contribution < 1.29 is 27.4 Å². The number of halogens is 3. The number of hydrogen-bond acceptors (Lipinski definition) is 4. The lowest BCUT2D eigenvalue weighted by atomic mass is 9.94. The molecule has 7 heteroatoms. The van der Waals surface area contributed by atoms with E-state index in [1.54, 1.807) is 13.8 Å². The number of hydrogen-bond donors (Lipinski definition) is 1. The van der Waals surface area contributed by atoms with Gasteiger partial charge in [-0.1, -0.05) is 0 Å². The number of nitrogens with one attached hydrogen (secondary N) is 1. The number of carbonyl (C=O) groups excluding carboxylic acids is 1. The minimum atomic E-state index is -4.40. The van der Waals surface area contributed by atoms with E-state index >= 15 is 0 Å². The van der Waals surface area contributed by atoms with Crippen LogP contribution in [0.3, 0.4) is 0 Å². The fourth-order valence-electron chi connectivity index (χ4n) is 2.22. The Labute approximate surface area is 123 Å². The zero-order valence-corrected chi connectivity index (χ0v) is 12.9. The molecular formula is C14H24F3NO3. The summed E-state index contributed by atoms with van der Waals surface area (Å²) in [6.07, 6.45) is -4.93. The van der Waals surface area contributed by atoms with Gasteiger partial charge in [0, 0.05) is 12.5 Å². The van der Waals surface area contributed by atoms with Crippen molar-refractivity contribution in [3.8, 4) is 0 Å². The third-order valence-corrected chi connectivity index (χ3v) is 3.42. The van der Waals surface area contributed by atoms with Crippen molar-refractivity contribution in [1.82, 2.24) is 5.32 Å². The van der Waals surface area contributed by atoms with Gasteiger partial charge in [-0.05, 0) is 40.5 Å². The van der Waals surface area contributed by atoms with E-state index in [0.29, 0.717) is 0 Å². The van der Waals surface area contributed by atoms with E-state index in [-0.39, 0.29) is 19.1 Å². The number of esters is 1. The molecule has 0 aromatic rings. The van der Waals surface area contributed by atoms with Crippen LogP contribution in [0.1, 0.15) is 47.0 Å². The van der Waals surface area contributed by atoms with Crippen molar-refractivity contribution in [1.29, 1.82) is 0 Å². The third kappa shape index (κ3) is 5.82. The Hall–Kier alpha value is -0.820. The zero-order valence-electron chi connectivity index (χ0n) is 12.9. The summed E-state index contributed by atoms with van der Waals surface area (Å²) in [7, 11) is 0. The van der Waals surface area contributed by atoms with E-state index in [9.17, 15) is 18.0 Å². The highest BCUT2D eigenvalue weighted by Gasteiger charge is 2.43. The van der Waals surface area contributed by atoms with Crippen LogP contribution in [0.2, 0.25) is 0 Å². The molecule has 3 unspecified atom stereocenters. The van der Waals surface area contributed by atoms with E-state index in [1.807, 2.05) is 0 Å². The lowest BCUT2D eigenvalue weighted by molar-refractivity contribution is -0.227. The molecule has 0 aliphatic heterocycles. The Bertz CT molecular complexity index is 358. The van der Waals surface area contributed by atoms with Gasteiger partial charge in [0.1, 0.15) is 5.54 Å². The summed E-state index contributed by atoms with van der Waals surface area (Å²) < 4.78 is 47.5. The van der Waals surface area contributed by atoms with Gasteiger partial charge >= 0.3 is 12.1 Å². The van der Waals surface area contributed by atoms with E-state index in [4.69, 9.17) is 9.47 Å². The smallest absolute Gasteiger partial charge is 0.414 e. The highest BCUT2D eigenvalue weighted by Crippen LogP contribution is 2.28. The van der Waals surface area contributed by atoms with Crippen molar-refractivity contribution >= 4 is 5.97 Å². The molecule has 3 atom stereocenters. The fourth-order valence-corrected chi connectivity index (χ4v) is 2.22. The molecule has 0 spiro atoms. The molecule has 0 aromatic carbocycles. The summed E-state index contributed by atoms with van der Waals surface area (Å²) in [5.74, 6) is -0.452. The summed E-state index contributed by atoms with van der Waals surface area (Å²) in [5, 5.41) is 3.16. The molecule has 124 valence electrons. The number of ether oxygens (including phenoxy) is 2. The summed E-state index contributed by atoms with van der Waals surface area (Å²) in [6, 6.07) is 0.228. The van der Waals surface area contributed by atoms with Gasteiger partial charge in [-0.15, -0.1) is 0 Å². The number of alkyl halides is 3. The fraction of sp³-hybridized carbons (Fsp3) is 0.929. The second kappa shape index (κ2) is 6.96. The van der Waals surface area contributed by atoms with Crippen molar-refractivity contribution in [3.63, 3.8) is 0 Å². The van der Waals surface area contributed by atoms with Gasteiger partial charge in [0.15, 0.2) is 6.10 Å². The standard InChI is InChI=1S/C14H24F3NO3/c1-5-20-12(19)13(4,18-11-6-7-11)8-9(2)21-10(3)14(15,16)17/h9-11,18H,5-8H2,1-4H3. The minimum absolute atomic E-state index is 0.128. The Balaban J connectivity index is 2.64. The first-order valence-electron chi connectivity index (χ1n) is 7.25. The van der Waals surface area contributed by atoms with Gasteiger partial charge < -0.3 is 9.47 Å². The van der Waals surface area contributed by atoms with Crippen LogP contribution in [0, 0.1) is 0 Å². The Kier molecular flexibility index (Phi) is 6.04. The molecule has 0 amide bonds. The topological polar surface area (TPSA) is 47.6 Å². The van der Waals surface area contributed by atoms with Crippen molar-refractivity contribution in [2.75, 3.05) is 6.61 Å². The van der Waals surface area contributed by atoms with E-state index < -0.39 is 29.9 Å². The first-order valence-corrected chi connectivity index (χ1v) is 7.25. The molecule has 1 saturated carbocycles. The first kappa shape index (κ1) is 18.2. The number of carbonyl (C=O) groups is 1. The minimum Gasteiger partial charge on any atom is -0.465 e. The molecule has 21 heavy (non-hydrogen) atoms. The summed E-state index contributed by atoms with van der Waals surface area (Å²) in [4.78, 5) is 12.1. The van der Waals surface area contributed by atoms with Crippen LogP contribution in [-0.2, 0) is 14.3 Å². The highest BCUT2D eigenvalue weighted by atomic mass is 19.4. The molecule has 1 N–H and O–H groups in total. The van der Waals surface area contributed by atoms with Crippen LogP contribution in [0.4, 0.5) is 13.2 Å². The highest BCUT2D eigenvalue weighted by molar-refractivity contribution is 5.80. The molecule has 0 saturated heterocycles. The van der Waals surface area contributed by atoms with E-state index in [0.717, 1.165) is 19.8 Å². The molecule has 4 nitrogen and oxygen atoms in total. The average Bonchev–Trinajstić information content (AvgIpc) is 3.11. The Morgan fingerprint density at radius 2 is 1.90 bits per heavy atom. The van der Waals surface area contributed by atoms with Gasteiger partial charge in [-0.25, -0.2) is 0 Å². The quantitative estimate of drug-likeness (QED) is 0.700. The van der Waals surface area contributed by atoms with Gasteiger partial charge in [0.2, 0.25) is 0 Å². The molecule has 0 radical (unpaired) electrons. The Morgan fingerprint density at radius 1 is 1.33 bits per heavy atom. The molecular weight excluding hydrogens is 287 g/mol. The van der Waals surface area contributed by atoms with Gasteiger partial charge in [0.05, 0.1) is 12.7 Å².